The van der Waals surface area contributed by atoms with E-state index in [2.05, 4.69) is 5.43 Å². The largest absolute Gasteiger partial charge is 0.348 e. The topological polar surface area (TPSA) is 78.7 Å². The summed E-state index contributed by atoms with van der Waals surface area (Å²) in [6.45, 7) is 4.45. The van der Waals surface area contributed by atoms with Gasteiger partial charge in [-0.25, -0.2) is 5.84 Å². The van der Waals surface area contributed by atoms with Crippen molar-refractivity contribution in [3.05, 3.63) is 0 Å². The van der Waals surface area contributed by atoms with Crippen LogP contribution in [0, 0.1) is 0 Å². The van der Waals surface area contributed by atoms with Crippen molar-refractivity contribution in [2.24, 2.45) is 5.84 Å². The van der Waals surface area contributed by atoms with E-state index in [1.165, 1.54) is 4.90 Å². The molecule has 1 unspecified atom stereocenters. The van der Waals surface area contributed by atoms with Crippen LogP contribution in [0.5, 0.6) is 0 Å². The van der Waals surface area contributed by atoms with Crippen LogP contribution in [0.2, 0.25) is 0 Å². The number of nitrogens with two attached hydrogens (primary N) is 1. The first kappa shape index (κ1) is 13.9. The van der Waals surface area contributed by atoms with Crippen LogP contribution >= 0.6 is 0 Å². The molecule has 0 aliphatic heterocycles. The van der Waals surface area contributed by atoms with Gasteiger partial charge in [-0.1, -0.05) is 6.92 Å². The minimum absolute atomic E-state index is 0.0338. The summed E-state index contributed by atoms with van der Waals surface area (Å²) in [6, 6.07) is -0.399. The molecule has 15 heavy (non-hydrogen) atoms. The van der Waals surface area contributed by atoms with Crippen LogP contribution in [0.15, 0.2) is 0 Å². The van der Waals surface area contributed by atoms with Crippen LogP contribution in [-0.4, -0.2) is 54.8 Å². The molecule has 3 N–H and O–H groups in total. The van der Waals surface area contributed by atoms with Crippen molar-refractivity contribution in [2.45, 2.75) is 19.9 Å². The van der Waals surface area contributed by atoms with Crippen molar-refractivity contribution in [1.29, 1.82) is 0 Å². The third kappa shape index (κ3) is 4.26. The molecule has 0 aromatic rings. The minimum atomic E-state index is -0.399. The van der Waals surface area contributed by atoms with Crippen molar-refractivity contribution < 1.29 is 9.59 Å². The normalized spacial score (nSPS) is 12.4. The van der Waals surface area contributed by atoms with Crippen molar-refractivity contribution >= 4 is 11.8 Å². The average molecular weight is 216 g/mol. The molecule has 0 heterocycles. The maximum atomic E-state index is 11.4. The van der Waals surface area contributed by atoms with E-state index in [1.807, 2.05) is 6.92 Å². The number of nitrogens with zero attached hydrogens (tertiary/aromatic N) is 2. The second-order valence-electron chi connectivity index (χ2n) is 3.54. The number of amides is 2. The minimum Gasteiger partial charge on any atom is -0.348 e. The molecule has 0 saturated carbocycles. The predicted octanol–water partition coefficient (Wildman–Crippen LogP) is -1.23. The zero-order valence-corrected chi connectivity index (χ0v) is 9.78. The van der Waals surface area contributed by atoms with Crippen molar-refractivity contribution in [1.82, 2.24) is 15.2 Å². The van der Waals surface area contributed by atoms with Gasteiger partial charge in [0.15, 0.2) is 0 Å². The van der Waals surface area contributed by atoms with Gasteiger partial charge in [0.2, 0.25) is 5.91 Å². The fraction of sp³-hybridized carbons (Fsp3) is 0.778. The summed E-state index contributed by atoms with van der Waals surface area (Å²) in [5, 5.41) is 0. The highest BCUT2D eigenvalue weighted by Crippen LogP contribution is 1.99. The Hall–Kier alpha value is -1.14. The molecule has 0 spiro atoms. The van der Waals surface area contributed by atoms with E-state index in [4.69, 9.17) is 5.84 Å². The van der Waals surface area contributed by atoms with E-state index in [1.54, 1.807) is 25.9 Å². The third-order valence-electron chi connectivity index (χ3n) is 2.31. The summed E-state index contributed by atoms with van der Waals surface area (Å²) >= 11 is 0. The summed E-state index contributed by atoms with van der Waals surface area (Å²) in [7, 11) is 3.37. The lowest BCUT2D eigenvalue weighted by atomic mass is 10.2. The van der Waals surface area contributed by atoms with Crippen LogP contribution in [0.4, 0.5) is 0 Å². The standard InChI is InChI=1S/C9H20N4O2/c1-5-13(6-8(14)12(3)4)7(2)9(15)11-10/h7H,5-6,10H2,1-4H3,(H,11,15). The molecule has 2 amide bonds. The van der Waals surface area contributed by atoms with Gasteiger partial charge in [-0.2, -0.15) is 0 Å². The Balaban J connectivity index is 4.36. The number of carbonyl (C=O) groups is 2. The summed E-state index contributed by atoms with van der Waals surface area (Å²) < 4.78 is 0. The summed E-state index contributed by atoms with van der Waals surface area (Å²) in [4.78, 5) is 26.0. The van der Waals surface area contributed by atoms with E-state index in [0.717, 1.165) is 0 Å². The number of nitrogens with one attached hydrogen (secondary N) is 1. The molecule has 0 saturated heterocycles. The van der Waals surface area contributed by atoms with Crippen LogP contribution in [0.25, 0.3) is 0 Å². The van der Waals surface area contributed by atoms with Gasteiger partial charge in [0.05, 0.1) is 12.6 Å². The number of hydrogen-bond donors (Lipinski definition) is 2. The van der Waals surface area contributed by atoms with E-state index in [9.17, 15) is 9.59 Å². The molecule has 0 fully saturated rings. The smallest absolute Gasteiger partial charge is 0.250 e. The Morgan fingerprint density at radius 1 is 1.40 bits per heavy atom. The molecule has 6 nitrogen and oxygen atoms in total. The number of hydrazine groups is 1. The Bertz CT molecular complexity index is 230. The molecule has 88 valence electrons. The van der Waals surface area contributed by atoms with Gasteiger partial charge in [-0.15, -0.1) is 0 Å². The summed E-state index contributed by atoms with van der Waals surface area (Å²) in [6.07, 6.45) is 0. The number of likely N-dealkylation sites (N-methyl/N-ethyl adjacent to an activating group) is 2. The fourth-order valence-electron chi connectivity index (χ4n) is 1.12. The van der Waals surface area contributed by atoms with E-state index >= 15 is 0 Å². The third-order valence-corrected chi connectivity index (χ3v) is 2.31. The zero-order chi connectivity index (χ0) is 12.0. The second kappa shape index (κ2) is 6.36. The Labute approximate surface area is 90.4 Å². The van der Waals surface area contributed by atoms with Gasteiger partial charge in [0.25, 0.3) is 5.91 Å². The van der Waals surface area contributed by atoms with Crippen molar-refractivity contribution in [3.63, 3.8) is 0 Å². The lowest BCUT2D eigenvalue weighted by molar-refractivity contribution is -0.132. The van der Waals surface area contributed by atoms with E-state index < -0.39 is 6.04 Å². The van der Waals surface area contributed by atoms with Crippen LogP contribution in [-0.2, 0) is 9.59 Å². The van der Waals surface area contributed by atoms with Crippen LogP contribution in [0.3, 0.4) is 0 Å². The van der Waals surface area contributed by atoms with Gasteiger partial charge in [-0.05, 0) is 13.5 Å². The molecular formula is C9H20N4O2. The first-order valence-electron chi connectivity index (χ1n) is 4.88. The summed E-state index contributed by atoms with van der Waals surface area (Å²) in [5.41, 5.74) is 2.08. The molecule has 0 aromatic heterocycles. The quantitative estimate of drug-likeness (QED) is 0.343. The number of hydrogen-bond acceptors (Lipinski definition) is 4. The molecule has 0 bridgehead atoms. The lowest BCUT2D eigenvalue weighted by Crippen LogP contribution is -2.50. The zero-order valence-electron chi connectivity index (χ0n) is 9.78. The predicted molar refractivity (Wildman–Crippen MR) is 57.7 cm³/mol. The van der Waals surface area contributed by atoms with Gasteiger partial charge in [0.1, 0.15) is 0 Å². The number of rotatable bonds is 5. The highest BCUT2D eigenvalue weighted by Gasteiger charge is 2.21. The SMILES string of the molecule is CCN(CC(=O)N(C)C)C(C)C(=O)NN. The van der Waals surface area contributed by atoms with E-state index in [-0.39, 0.29) is 18.4 Å². The van der Waals surface area contributed by atoms with E-state index in [0.29, 0.717) is 6.54 Å². The van der Waals surface area contributed by atoms with Crippen LogP contribution < -0.4 is 11.3 Å². The Morgan fingerprint density at radius 2 is 1.93 bits per heavy atom. The Morgan fingerprint density at radius 3 is 2.27 bits per heavy atom. The van der Waals surface area contributed by atoms with Gasteiger partial charge >= 0.3 is 0 Å². The average Bonchev–Trinajstić information content (AvgIpc) is 2.23. The van der Waals surface area contributed by atoms with Gasteiger partial charge in [-0.3, -0.25) is 19.9 Å². The van der Waals surface area contributed by atoms with Gasteiger partial charge < -0.3 is 4.90 Å². The van der Waals surface area contributed by atoms with Crippen LogP contribution in [0.1, 0.15) is 13.8 Å². The maximum Gasteiger partial charge on any atom is 0.250 e. The Kier molecular flexibility index (Phi) is 5.88. The fourth-order valence-corrected chi connectivity index (χ4v) is 1.12. The molecule has 1 atom stereocenters. The molecule has 0 aliphatic rings. The number of carbonyl (C=O) groups excluding carboxylic acids is 2. The molecule has 6 heteroatoms. The second-order valence-corrected chi connectivity index (χ2v) is 3.54. The first-order valence-corrected chi connectivity index (χ1v) is 4.88. The van der Waals surface area contributed by atoms with Crippen molar-refractivity contribution in [2.75, 3.05) is 27.2 Å². The summed E-state index contributed by atoms with van der Waals surface area (Å²) in [5.74, 6) is 4.71. The van der Waals surface area contributed by atoms with Crippen molar-refractivity contribution in [3.8, 4) is 0 Å². The monoisotopic (exact) mass is 216 g/mol. The highest BCUT2D eigenvalue weighted by molar-refractivity contribution is 5.82. The lowest BCUT2D eigenvalue weighted by Gasteiger charge is -2.26. The van der Waals surface area contributed by atoms with Gasteiger partial charge in [0, 0.05) is 14.1 Å². The first-order chi connectivity index (χ1) is 6.93. The molecule has 0 aliphatic carbocycles. The molecular weight excluding hydrogens is 196 g/mol. The highest BCUT2D eigenvalue weighted by atomic mass is 16.2. The molecule has 0 radical (unpaired) electrons. The maximum absolute atomic E-state index is 11.4. The molecule has 0 rings (SSSR count). The molecule has 0 aromatic carbocycles.